The van der Waals surface area contributed by atoms with Crippen molar-refractivity contribution in [3.05, 3.63) is 58.6 Å². The lowest BCUT2D eigenvalue weighted by atomic mass is 10.2. The molecule has 0 saturated carbocycles. The van der Waals surface area contributed by atoms with Gasteiger partial charge in [0, 0.05) is 31.9 Å². The van der Waals surface area contributed by atoms with Crippen molar-refractivity contribution in [3.8, 4) is 0 Å². The number of anilines is 1. The highest BCUT2D eigenvalue weighted by Gasteiger charge is 2.22. The largest absolute Gasteiger partial charge is 0.335 e. The first kappa shape index (κ1) is 18.3. The molecule has 1 N–H and O–H groups in total. The Hall–Kier alpha value is -2.51. The Kier molecular flexibility index (Phi) is 5.49. The quantitative estimate of drug-likeness (QED) is 0.894. The van der Waals surface area contributed by atoms with Gasteiger partial charge in [0.1, 0.15) is 17.2 Å². The van der Waals surface area contributed by atoms with Crippen molar-refractivity contribution in [2.75, 3.05) is 38.5 Å². The fraction of sp³-hybridized carbons (Fsp3) is 0.278. The van der Waals surface area contributed by atoms with Crippen LogP contribution in [0.15, 0.2) is 36.4 Å². The first-order valence-electron chi connectivity index (χ1n) is 8.15. The molecule has 0 unspecified atom stereocenters. The highest BCUT2D eigenvalue weighted by Crippen LogP contribution is 2.19. The molecule has 0 radical (unpaired) electrons. The lowest BCUT2D eigenvalue weighted by molar-refractivity contribution is 0.0658. The summed E-state index contributed by atoms with van der Waals surface area (Å²) >= 11 is 5.71. The predicted octanol–water partition coefficient (Wildman–Crippen LogP) is 2.51. The summed E-state index contributed by atoms with van der Waals surface area (Å²) in [6.45, 7) is 2.86. The van der Waals surface area contributed by atoms with Gasteiger partial charge in [0.05, 0.1) is 5.02 Å². The fourth-order valence-corrected chi connectivity index (χ4v) is 2.80. The summed E-state index contributed by atoms with van der Waals surface area (Å²) in [5.41, 5.74) is 0.670. The molecule has 8 heteroatoms. The van der Waals surface area contributed by atoms with Gasteiger partial charge in [-0.1, -0.05) is 17.7 Å². The molecule has 136 valence electrons. The maximum Gasteiger partial charge on any atom is 0.274 e. The van der Waals surface area contributed by atoms with Crippen LogP contribution in [0.1, 0.15) is 21.0 Å². The van der Waals surface area contributed by atoms with Crippen LogP contribution in [0, 0.1) is 5.82 Å². The molecule has 1 fully saturated rings. The molecular weight excluding hydrogens is 359 g/mol. The second kappa shape index (κ2) is 7.80. The minimum Gasteiger partial charge on any atom is -0.335 e. The van der Waals surface area contributed by atoms with Crippen molar-refractivity contribution in [2.45, 2.75) is 0 Å². The van der Waals surface area contributed by atoms with Gasteiger partial charge in [0.2, 0.25) is 0 Å². The summed E-state index contributed by atoms with van der Waals surface area (Å²) in [5, 5.41) is 2.51. The smallest absolute Gasteiger partial charge is 0.274 e. The number of hydrogen-bond donors (Lipinski definition) is 1. The number of hydrogen-bond acceptors (Lipinski definition) is 4. The van der Waals surface area contributed by atoms with Crippen LogP contribution >= 0.6 is 11.6 Å². The van der Waals surface area contributed by atoms with Crippen molar-refractivity contribution >= 4 is 29.1 Å². The highest BCUT2D eigenvalue weighted by molar-refractivity contribution is 6.31. The van der Waals surface area contributed by atoms with E-state index in [4.69, 9.17) is 11.6 Å². The summed E-state index contributed by atoms with van der Waals surface area (Å²) in [7, 11) is 2.01. The second-order valence-electron chi connectivity index (χ2n) is 6.09. The van der Waals surface area contributed by atoms with E-state index in [0.717, 1.165) is 13.1 Å². The zero-order chi connectivity index (χ0) is 18.7. The number of likely N-dealkylation sites (N-methyl/N-ethyl adjacent to an activating group) is 1. The zero-order valence-corrected chi connectivity index (χ0v) is 15.0. The van der Waals surface area contributed by atoms with Crippen LogP contribution in [-0.2, 0) is 0 Å². The lowest BCUT2D eigenvalue weighted by Gasteiger charge is -2.32. The fourth-order valence-electron chi connectivity index (χ4n) is 2.62. The Labute approximate surface area is 155 Å². The van der Waals surface area contributed by atoms with Crippen molar-refractivity contribution in [1.82, 2.24) is 14.8 Å². The molecule has 6 nitrogen and oxygen atoms in total. The van der Waals surface area contributed by atoms with Crippen molar-refractivity contribution in [2.24, 2.45) is 0 Å². The molecule has 2 amide bonds. The molecule has 26 heavy (non-hydrogen) atoms. The van der Waals surface area contributed by atoms with Gasteiger partial charge in [0.25, 0.3) is 11.8 Å². The number of carbonyl (C=O) groups excluding carboxylic acids is 2. The number of piperazine rings is 1. The summed E-state index contributed by atoms with van der Waals surface area (Å²) < 4.78 is 13.2. The van der Waals surface area contributed by atoms with Gasteiger partial charge in [-0.15, -0.1) is 0 Å². The molecule has 0 bridgehead atoms. The zero-order valence-electron chi connectivity index (χ0n) is 14.2. The number of benzene rings is 1. The Morgan fingerprint density at radius 3 is 2.50 bits per heavy atom. The van der Waals surface area contributed by atoms with Crippen LogP contribution in [0.4, 0.5) is 10.1 Å². The molecule has 2 heterocycles. The molecule has 0 spiro atoms. The summed E-state index contributed by atoms with van der Waals surface area (Å²) in [5.74, 6) is -1.26. The predicted molar refractivity (Wildman–Crippen MR) is 97.0 cm³/mol. The molecule has 0 atom stereocenters. The van der Waals surface area contributed by atoms with Crippen LogP contribution in [0.25, 0.3) is 0 Å². The molecule has 1 saturated heterocycles. The third kappa shape index (κ3) is 4.17. The Morgan fingerprint density at radius 2 is 1.81 bits per heavy atom. The first-order valence-corrected chi connectivity index (χ1v) is 8.53. The average molecular weight is 377 g/mol. The molecular formula is C18H18ClFN4O2. The average Bonchev–Trinajstić information content (AvgIpc) is 2.65. The third-order valence-electron chi connectivity index (χ3n) is 4.17. The number of aromatic nitrogens is 1. The summed E-state index contributed by atoms with van der Waals surface area (Å²) in [6, 6.07) is 8.60. The maximum absolute atomic E-state index is 13.2. The van der Waals surface area contributed by atoms with Crippen molar-refractivity contribution < 1.29 is 14.0 Å². The third-order valence-corrected chi connectivity index (χ3v) is 4.46. The van der Waals surface area contributed by atoms with E-state index in [2.05, 4.69) is 15.2 Å². The molecule has 1 aromatic carbocycles. The number of carbonyl (C=O) groups is 2. The van der Waals surface area contributed by atoms with Gasteiger partial charge in [0.15, 0.2) is 0 Å². The van der Waals surface area contributed by atoms with Crippen molar-refractivity contribution in [1.29, 1.82) is 0 Å². The standard InChI is InChI=1S/C18H18ClFN4O2/c1-23-7-9-24(10-8-23)18(26)16-4-2-3-15(22-16)17(25)21-12-5-6-14(20)13(19)11-12/h2-6,11H,7-10H2,1H3,(H,21,25). The normalized spacial score (nSPS) is 15.0. The van der Waals surface area contributed by atoms with Gasteiger partial charge in [-0.05, 0) is 37.4 Å². The molecule has 1 aliphatic rings. The Bertz CT molecular complexity index is 838. The number of amides is 2. The van der Waals surface area contributed by atoms with Gasteiger partial charge >= 0.3 is 0 Å². The minimum atomic E-state index is -0.567. The van der Waals surface area contributed by atoms with Crippen LogP contribution < -0.4 is 5.32 Å². The summed E-state index contributed by atoms with van der Waals surface area (Å²) in [4.78, 5) is 33.0. The molecule has 1 aliphatic heterocycles. The SMILES string of the molecule is CN1CCN(C(=O)c2cccc(C(=O)Nc3ccc(F)c(Cl)c3)n2)CC1. The van der Waals surface area contributed by atoms with Crippen LogP contribution in [-0.4, -0.2) is 59.8 Å². The number of nitrogens with zero attached hydrogens (tertiary/aromatic N) is 3. The first-order chi connectivity index (χ1) is 12.4. The lowest BCUT2D eigenvalue weighted by Crippen LogP contribution is -2.47. The van der Waals surface area contributed by atoms with Gasteiger partial charge in [-0.3, -0.25) is 9.59 Å². The molecule has 1 aromatic heterocycles. The highest BCUT2D eigenvalue weighted by atomic mass is 35.5. The van der Waals surface area contributed by atoms with E-state index in [-0.39, 0.29) is 22.3 Å². The topological polar surface area (TPSA) is 65.5 Å². The monoisotopic (exact) mass is 376 g/mol. The van der Waals surface area contributed by atoms with Gasteiger partial charge in [-0.2, -0.15) is 0 Å². The Balaban J connectivity index is 1.72. The minimum absolute atomic E-state index is 0.0882. The number of pyridine rings is 1. The van der Waals surface area contributed by atoms with Gasteiger partial charge in [-0.25, -0.2) is 9.37 Å². The maximum atomic E-state index is 13.2. The van der Waals surface area contributed by atoms with Crippen LogP contribution in [0.3, 0.4) is 0 Å². The van der Waals surface area contributed by atoms with Crippen LogP contribution in [0.5, 0.6) is 0 Å². The molecule has 3 rings (SSSR count). The second-order valence-corrected chi connectivity index (χ2v) is 6.49. The Morgan fingerprint density at radius 1 is 1.12 bits per heavy atom. The number of nitrogens with one attached hydrogen (secondary N) is 1. The molecule has 0 aliphatic carbocycles. The van der Waals surface area contributed by atoms with E-state index in [1.807, 2.05) is 7.05 Å². The molecule has 2 aromatic rings. The number of rotatable bonds is 3. The van der Waals surface area contributed by atoms with Crippen LogP contribution in [0.2, 0.25) is 5.02 Å². The van der Waals surface area contributed by atoms with Gasteiger partial charge < -0.3 is 15.1 Å². The van der Waals surface area contributed by atoms with E-state index >= 15 is 0 Å². The van der Waals surface area contributed by atoms with E-state index in [1.54, 1.807) is 17.0 Å². The van der Waals surface area contributed by atoms with E-state index in [0.29, 0.717) is 18.8 Å². The number of halogens is 2. The van der Waals surface area contributed by atoms with E-state index in [1.165, 1.54) is 24.3 Å². The van der Waals surface area contributed by atoms with E-state index < -0.39 is 11.7 Å². The van der Waals surface area contributed by atoms with Crippen molar-refractivity contribution in [3.63, 3.8) is 0 Å². The summed E-state index contributed by atoms with van der Waals surface area (Å²) in [6.07, 6.45) is 0. The van der Waals surface area contributed by atoms with E-state index in [9.17, 15) is 14.0 Å².